The zero-order chi connectivity index (χ0) is 14.7. The monoisotopic (exact) mass is 278 g/mol. The van der Waals surface area contributed by atoms with Gasteiger partial charge in [-0.2, -0.15) is 0 Å². The van der Waals surface area contributed by atoms with Crippen LogP contribution in [0.2, 0.25) is 0 Å². The Morgan fingerprint density at radius 2 is 1.71 bits per heavy atom. The van der Waals surface area contributed by atoms with Gasteiger partial charge in [-0.3, -0.25) is 9.36 Å². The van der Waals surface area contributed by atoms with E-state index in [4.69, 9.17) is 0 Å². The molecule has 0 amide bonds. The minimum Gasteiger partial charge on any atom is -0.274 e. The van der Waals surface area contributed by atoms with Gasteiger partial charge in [0.1, 0.15) is 5.69 Å². The summed E-state index contributed by atoms with van der Waals surface area (Å²) in [7, 11) is 0. The van der Waals surface area contributed by atoms with E-state index in [-0.39, 0.29) is 5.56 Å². The molecular weight excluding hydrogens is 260 g/mol. The molecule has 0 aliphatic rings. The van der Waals surface area contributed by atoms with Gasteiger partial charge in [-0.1, -0.05) is 43.7 Å². The van der Waals surface area contributed by atoms with E-state index in [0.29, 0.717) is 5.69 Å². The summed E-state index contributed by atoms with van der Waals surface area (Å²) >= 11 is 0. The topological polar surface area (TPSA) is 34.9 Å². The molecule has 3 heteroatoms. The largest absolute Gasteiger partial charge is 0.277 e. The van der Waals surface area contributed by atoms with E-state index >= 15 is 0 Å². The predicted octanol–water partition coefficient (Wildman–Crippen LogP) is 3.73. The molecule has 0 unspecified atom stereocenters. The maximum atomic E-state index is 12.8. The van der Waals surface area contributed by atoms with Crippen molar-refractivity contribution in [3.05, 3.63) is 70.6 Å². The van der Waals surface area contributed by atoms with Crippen molar-refractivity contribution in [3.63, 3.8) is 0 Å². The average Bonchev–Trinajstić information content (AvgIpc) is 2.54. The Balaban J connectivity index is 2.29. The third-order valence-corrected chi connectivity index (χ3v) is 3.61. The summed E-state index contributed by atoms with van der Waals surface area (Å²) in [6, 6.07) is 17.6. The lowest BCUT2D eigenvalue weighted by atomic mass is 10.2. The SMILES string of the molecule is CCCCc1nc2ccccc2n(-c2ccccc2)c1=O. The van der Waals surface area contributed by atoms with Crippen molar-refractivity contribution in [3.8, 4) is 5.69 Å². The number of hydrogen-bond donors (Lipinski definition) is 0. The minimum atomic E-state index is -0.00616. The first kappa shape index (κ1) is 13.6. The fourth-order valence-corrected chi connectivity index (χ4v) is 2.52. The number of aromatic nitrogens is 2. The lowest BCUT2D eigenvalue weighted by Gasteiger charge is -2.12. The maximum absolute atomic E-state index is 12.8. The average molecular weight is 278 g/mol. The van der Waals surface area contributed by atoms with Crippen molar-refractivity contribution in [2.24, 2.45) is 0 Å². The Hall–Kier alpha value is -2.42. The molecule has 0 spiro atoms. The Labute approximate surface area is 123 Å². The molecular formula is C18H18N2O. The van der Waals surface area contributed by atoms with Crippen LogP contribution in [0.4, 0.5) is 0 Å². The van der Waals surface area contributed by atoms with Crippen LogP contribution in [0.25, 0.3) is 16.7 Å². The summed E-state index contributed by atoms with van der Waals surface area (Å²) in [6.07, 6.45) is 2.77. The van der Waals surface area contributed by atoms with E-state index < -0.39 is 0 Å². The van der Waals surface area contributed by atoms with Crippen molar-refractivity contribution in [1.29, 1.82) is 0 Å². The van der Waals surface area contributed by atoms with E-state index in [2.05, 4.69) is 11.9 Å². The summed E-state index contributed by atoms with van der Waals surface area (Å²) < 4.78 is 1.77. The molecule has 0 fully saturated rings. The summed E-state index contributed by atoms with van der Waals surface area (Å²) in [4.78, 5) is 17.4. The Morgan fingerprint density at radius 1 is 1.00 bits per heavy atom. The van der Waals surface area contributed by atoms with Gasteiger partial charge in [-0.05, 0) is 37.1 Å². The molecule has 0 N–H and O–H groups in total. The summed E-state index contributed by atoms with van der Waals surface area (Å²) in [5.74, 6) is 0. The molecule has 3 nitrogen and oxygen atoms in total. The van der Waals surface area contributed by atoms with Gasteiger partial charge in [0, 0.05) is 5.69 Å². The second-order valence-corrected chi connectivity index (χ2v) is 5.13. The number of benzene rings is 2. The van der Waals surface area contributed by atoms with Gasteiger partial charge in [0.25, 0.3) is 5.56 Å². The predicted molar refractivity (Wildman–Crippen MR) is 86.0 cm³/mol. The molecule has 3 rings (SSSR count). The molecule has 21 heavy (non-hydrogen) atoms. The lowest BCUT2D eigenvalue weighted by molar-refractivity contribution is 0.762. The van der Waals surface area contributed by atoms with Gasteiger partial charge in [-0.25, -0.2) is 4.98 Å². The Kier molecular flexibility index (Phi) is 3.82. The number of unbranched alkanes of at least 4 members (excludes halogenated alkanes) is 1. The quantitative estimate of drug-likeness (QED) is 0.729. The lowest BCUT2D eigenvalue weighted by Crippen LogP contribution is -2.24. The van der Waals surface area contributed by atoms with E-state index in [1.54, 1.807) is 4.57 Å². The van der Waals surface area contributed by atoms with Gasteiger partial charge >= 0.3 is 0 Å². The van der Waals surface area contributed by atoms with Crippen molar-refractivity contribution in [1.82, 2.24) is 9.55 Å². The number of para-hydroxylation sites is 3. The molecule has 0 aliphatic heterocycles. The highest BCUT2D eigenvalue weighted by Crippen LogP contribution is 2.15. The van der Waals surface area contributed by atoms with Crippen LogP contribution in [0.1, 0.15) is 25.5 Å². The molecule has 1 heterocycles. The highest BCUT2D eigenvalue weighted by Gasteiger charge is 2.11. The van der Waals surface area contributed by atoms with Crippen LogP contribution in [0.3, 0.4) is 0 Å². The molecule has 106 valence electrons. The third-order valence-electron chi connectivity index (χ3n) is 3.61. The first-order valence-corrected chi connectivity index (χ1v) is 7.37. The maximum Gasteiger partial charge on any atom is 0.277 e. The first-order valence-electron chi connectivity index (χ1n) is 7.37. The third kappa shape index (κ3) is 2.59. The van der Waals surface area contributed by atoms with Gasteiger partial charge < -0.3 is 0 Å². The van der Waals surface area contributed by atoms with Crippen LogP contribution in [0, 0.1) is 0 Å². The minimum absolute atomic E-state index is 0.00616. The number of hydrogen-bond acceptors (Lipinski definition) is 2. The van der Waals surface area contributed by atoms with Crippen LogP contribution in [0.5, 0.6) is 0 Å². The molecule has 3 aromatic rings. The fourth-order valence-electron chi connectivity index (χ4n) is 2.52. The van der Waals surface area contributed by atoms with Crippen molar-refractivity contribution in [2.45, 2.75) is 26.2 Å². The van der Waals surface area contributed by atoms with Crippen molar-refractivity contribution >= 4 is 11.0 Å². The van der Waals surface area contributed by atoms with Crippen LogP contribution < -0.4 is 5.56 Å². The summed E-state index contributed by atoms with van der Waals surface area (Å²) in [6.45, 7) is 2.12. The van der Waals surface area contributed by atoms with E-state index in [1.807, 2.05) is 54.6 Å². The number of rotatable bonds is 4. The normalized spacial score (nSPS) is 10.9. The molecule has 0 radical (unpaired) electrons. The summed E-state index contributed by atoms with van der Waals surface area (Å²) in [5, 5.41) is 0. The standard InChI is InChI=1S/C18H18N2O/c1-2-3-11-16-18(21)20(14-9-5-4-6-10-14)17-13-8-7-12-15(17)19-16/h4-10,12-13H,2-3,11H2,1H3. The molecule has 0 bridgehead atoms. The number of aryl methyl sites for hydroxylation is 1. The van der Waals surface area contributed by atoms with Crippen LogP contribution in [0.15, 0.2) is 59.4 Å². The number of nitrogens with zero attached hydrogens (tertiary/aromatic N) is 2. The Morgan fingerprint density at radius 3 is 2.48 bits per heavy atom. The van der Waals surface area contributed by atoms with Gasteiger partial charge in [-0.15, -0.1) is 0 Å². The van der Waals surface area contributed by atoms with Gasteiger partial charge in [0.15, 0.2) is 0 Å². The smallest absolute Gasteiger partial charge is 0.274 e. The van der Waals surface area contributed by atoms with E-state index in [1.165, 1.54) is 0 Å². The first-order chi connectivity index (χ1) is 10.3. The second-order valence-electron chi connectivity index (χ2n) is 5.13. The highest BCUT2D eigenvalue weighted by atomic mass is 16.1. The molecule has 0 aliphatic carbocycles. The van der Waals surface area contributed by atoms with Crippen LogP contribution >= 0.6 is 0 Å². The highest BCUT2D eigenvalue weighted by molar-refractivity contribution is 5.76. The van der Waals surface area contributed by atoms with Crippen molar-refractivity contribution < 1.29 is 0 Å². The second kappa shape index (κ2) is 5.92. The van der Waals surface area contributed by atoms with E-state index in [0.717, 1.165) is 36.0 Å². The molecule has 2 aromatic carbocycles. The molecule has 0 saturated heterocycles. The molecule has 1 aromatic heterocycles. The Bertz CT molecular complexity index is 806. The summed E-state index contributed by atoms with van der Waals surface area (Å²) in [5.41, 5.74) is 3.26. The van der Waals surface area contributed by atoms with Crippen LogP contribution in [-0.4, -0.2) is 9.55 Å². The zero-order valence-corrected chi connectivity index (χ0v) is 12.1. The zero-order valence-electron chi connectivity index (χ0n) is 12.1. The van der Waals surface area contributed by atoms with E-state index in [9.17, 15) is 4.79 Å². The molecule has 0 saturated carbocycles. The number of fused-ring (bicyclic) bond motifs is 1. The van der Waals surface area contributed by atoms with Crippen molar-refractivity contribution in [2.75, 3.05) is 0 Å². The van der Waals surface area contributed by atoms with Crippen LogP contribution in [-0.2, 0) is 6.42 Å². The fraction of sp³-hybridized carbons (Fsp3) is 0.222. The van der Waals surface area contributed by atoms with Gasteiger partial charge in [0.2, 0.25) is 0 Å². The molecule has 0 atom stereocenters. The van der Waals surface area contributed by atoms with Gasteiger partial charge in [0.05, 0.1) is 11.0 Å².